The third-order valence-electron chi connectivity index (χ3n) is 7.29. The first-order chi connectivity index (χ1) is 17.8. The molecule has 0 unspecified atom stereocenters. The van der Waals surface area contributed by atoms with Crippen LogP contribution in [0.15, 0.2) is 12.4 Å². The molecule has 0 aromatic carbocycles. The maximum absolute atomic E-state index is 13.8. The van der Waals surface area contributed by atoms with Gasteiger partial charge < -0.3 is 24.3 Å². The minimum absolute atomic E-state index is 0.0102. The number of likely N-dealkylation sites (N-methyl/N-ethyl adjacent to an activating group) is 1. The van der Waals surface area contributed by atoms with Crippen LogP contribution in [-0.2, 0) is 24.8 Å². The molecule has 0 bridgehead atoms. The molecule has 11 heteroatoms. The molecule has 0 atom stereocenters. The van der Waals surface area contributed by atoms with Crippen molar-refractivity contribution in [2.24, 2.45) is 7.05 Å². The molecule has 4 aromatic rings. The minimum atomic E-state index is 0.0102. The Kier molecular flexibility index (Phi) is 5.70. The van der Waals surface area contributed by atoms with Gasteiger partial charge in [0.1, 0.15) is 16.9 Å². The van der Waals surface area contributed by atoms with Gasteiger partial charge in [-0.05, 0) is 45.6 Å². The van der Waals surface area contributed by atoms with Gasteiger partial charge in [0.25, 0.3) is 5.91 Å². The number of carbonyl (C=O) groups excluding carboxylic acids is 2. The fourth-order valence-electron chi connectivity index (χ4n) is 5.01. The molecule has 37 heavy (non-hydrogen) atoms. The average Bonchev–Trinajstić information content (AvgIpc) is 3.77. The van der Waals surface area contributed by atoms with Crippen molar-refractivity contribution in [3.8, 4) is 0 Å². The van der Waals surface area contributed by atoms with E-state index in [2.05, 4.69) is 22.1 Å². The highest BCUT2D eigenvalue weighted by Gasteiger charge is 2.43. The van der Waals surface area contributed by atoms with E-state index in [0.29, 0.717) is 35.3 Å². The summed E-state index contributed by atoms with van der Waals surface area (Å²) in [5.74, 6) is 0.715. The number of aromatic nitrogens is 5. The fourth-order valence-corrected chi connectivity index (χ4v) is 5.84. The molecule has 4 heterocycles. The highest BCUT2D eigenvalue weighted by atomic mass is 32.1. The number of fused-ring (bicyclic) bond motifs is 3. The zero-order valence-electron chi connectivity index (χ0n) is 21.9. The van der Waals surface area contributed by atoms with Crippen LogP contribution in [0.2, 0.25) is 0 Å². The van der Waals surface area contributed by atoms with Gasteiger partial charge >= 0.3 is 0 Å². The van der Waals surface area contributed by atoms with E-state index in [1.54, 1.807) is 25.3 Å². The molecule has 0 spiro atoms. The van der Waals surface area contributed by atoms with Gasteiger partial charge in [0.2, 0.25) is 5.91 Å². The van der Waals surface area contributed by atoms with E-state index in [-0.39, 0.29) is 18.2 Å². The van der Waals surface area contributed by atoms with Crippen LogP contribution in [0.25, 0.3) is 22.1 Å². The van der Waals surface area contributed by atoms with Gasteiger partial charge in [0.05, 0.1) is 24.0 Å². The number of imidazole rings is 1. The average molecular weight is 521 g/mol. The number of carbonyl (C=O) groups is 2. The quantitative estimate of drug-likeness (QED) is 0.379. The van der Waals surface area contributed by atoms with Gasteiger partial charge in [-0.1, -0.05) is 0 Å². The van der Waals surface area contributed by atoms with Crippen LogP contribution in [0.4, 0.5) is 10.9 Å². The summed E-state index contributed by atoms with van der Waals surface area (Å²) in [6.07, 6.45) is 6.43. The van der Waals surface area contributed by atoms with Gasteiger partial charge in [-0.2, -0.15) is 0 Å². The molecule has 6 rings (SSSR count). The number of amides is 2. The van der Waals surface area contributed by atoms with Gasteiger partial charge in [0, 0.05) is 50.0 Å². The van der Waals surface area contributed by atoms with Crippen molar-refractivity contribution in [2.45, 2.75) is 64.6 Å². The first kappa shape index (κ1) is 23.9. The van der Waals surface area contributed by atoms with Crippen molar-refractivity contribution in [3.05, 3.63) is 28.7 Å². The van der Waals surface area contributed by atoms with Crippen LogP contribution < -0.4 is 5.32 Å². The van der Waals surface area contributed by atoms with Gasteiger partial charge in [-0.3, -0.25) is 9.59 Å². The molecule has 2 amide bonds. The number of nitrogens with zero attached hydrogens (tertiary/aromatic N) is 7. The lowest BCUT2D eigenvalue weighted by atomic mass is 10.2. The monoisotopic (exact) mass is 520 g/mol. The predicted molar refractivity (Wildman–Crippen MR) is 144 cm³/mol. The Morgan fingerprint density at radius 1 is 1.16 bits per heavy atom. The van der Waals surface area contributed by atoms with E-state index in [4.69, 9.17) is 9.97 Å². The van der Waals surface area contributed by atoms with E-state index < -0.39 is 0 Å². The Morgan fingerprint density at radius 2 is 1.86 bits per heavy atom. The number of pyridine rings is 1. The maximum Gasteiger partial charge on any atom is 0.271 e. The Morgan fingerprint density at radius 3 is 2.49 bits per heavy atom. The smallest absolute Gasteiger partial charge is 0.271 e. The van der Waals surface area contributed by atoms with Crippen LogP contribution in [0, 0.1) is 6.92 Å². The molecule has 194 valence electrons. The van der Waals surface area contributed by atoms with Crippen LogP contribution in [0.1, 0.15) is 53.7 Å². The second kappa shape index (κ2) is 8.83. The Hall–Kier alpha value is -3.47. The van der Waals surface area contributed by atoms with Crippen LogP contribution in [0.3, 0.4) is 0 Å². The van der Waals surface area contributed by atoms with Crippen molar-refractivity contribution in [1.29, 1.82) is 0 Å². The lowest BCUT2D eigenvalue weighted by Gasteiger charge is -2.22. The zero-order chi connectivity index (χ0) is 26.0. The number of hydrogen-bond donors (Lipinski definition) is 1. The van der Waals surface area contributed by atoms with Crippen LogP contribution in [0.5, 0.6) is 0 Å². The van der Waals surface area contributed by atoms with E-state index in [1.165, 1.54) is 11.3 Å². The second-order valence-corrected chi connectivity index (χ2v) is 11.5. The summed E-state index contributed by atoms with van der Waals surface area (Å²) >= 11 is 1.49. The van der Waals surface area contributed by atoms with Gasteiger partial charge in [-0.25, -0.2) is 15.0 Å². The van der Waals surface area contributed by atoms with Crippen molar-refractivity contribution in [3.63, 3.8) is 0 Å². The van der Waals surface area contributed by atoms with Crippen LogP contribution in [-0.4, -0.2) is 71.9 Å². The van der Waals surface area contributed by atoms with Gasteiger partial charge in [0.15, 0.2) is 10.9 Å². The lowest BCUT2D eigenvalue weighted by molar-refractivity contribution is -0.128. The maximum atomic E-state index is 13.8. The van der Waals surface area contributed by atoms with E-state index in [9.17, 15) is 9.59 Å². The minimum Gasteiger partial charge on any atom is -0.348 e. The zero-order valence-corrected chi connectivity index (χ0v) is 22.7. The Balaban J connectivity index is 1.42. The van der Waals surface area contributed by atoms with E-state index >= 15 is 0 Å². The fraction of sp³-hybridized carbons (Fsp3) is 0.500. The Bertz CT molecular complexity index is 1530. The van der Waals surface area contributed by atoms with Crippen molar-refractivity contribution in [2.75, 3.05) is 19.4 Å². The van der Waals surface area contributed by atoms with E-state index in [1.807, 2.05) is 29.2 Å². The van der Waals surface area contributed by atoms with Crippen molar-refractivity contribution < 1.29 is 9.59 Å². The number of hydrogen-bond acceptors (Lipinski definition) is 7. The predicted octanol–water partition coefficient (Wildman–Crippen LogP) is 3.85. The summed E-state index contributed by atoms with van der Waals surface area (Å²) < 4.78 is 4.01. The molecular formula is C26H32N8O2S. The summed E-state index contributed by atoms with van der Waals surface area (Å²) in [7, 11) is 5.45. The number of rotatable bonds is 8. The molecule has 4 aromatic heterocycles. The summed E-state index contributed by atoms with van der Waals surface area (Å²) in [4.78, 5) is 45.0. The summed E-state index contributed by atoms with van der Waals surface area (Å²) in [6, 6.07) is 2.76. The molecule has 2 fully saturated rings. The number of aryl methyl sites for hydroxylation is 3. The third-order valence-corrected chi connectivity index (χ3v) is 8.22. The SMILES string of the molecule is CCn1c(C(=O)N(C2CC2)C2CC2)cc2c3c(ncn3C)c(Nc3nc(CC(=O)N(C)C)c(C)s3)nc21. The van der Waals surface area contributed by atoms with Crippen molar-refractivity contribution in [1.82, 2.24) is 33.9 Å². The largest absolute Gasteiger partial charge is 0.348 e. The summed E-state index contributed by atoms with van der Waals surface area (Å²) in [5.41, 5.74) is 3.86. The molecule has 10 nitrogen and oxygen atoms in total. The normalized spacial score (nSPS) is 15.5. The molecule has 2 aliphatic carbocycles. The molecule has 0 aliphatic heterocycles. The molecule has 2 saturated carbocycles. The molecular weight excluding hydrogens is 488 g/mol. The topological polar surface area (TPSA) is 101 Å². The highest BCUT2D eigenvalue weighted by Crippen LogP contribution is 2.40. The molecule has 1 N–H and O–H groups in total. The molecule has 2 aliphatic rings. The van der Waals surface area contributed by atoms with E-state index in [0.717, 1.165) is 58.3 Å². The number of thiazole rings is 1. The highest BCUT2D eigenvalue weighted by molar-refractivity contribution is 7.15. The standard InChI is InChI=1S/C26H32N8O2S/c1-6-33-19(25(36)34(15-7-8-15)16-9-10-16)11-17-22-21(27-13-32(22)5)23(29-24(17)33)30-26-28-18(14(2)37-26)12-20(35)31(3)4/h11,13,15-16H,6-10,12H2,1-5H3,(H,28,29,30). The van der Waals surface area contributed by atoms with Crippen molar-refractivity contribution >= 4 is 56.2 Å². The molecule has 0 radical (unpaired) electrons. The third kappa shape index (κ3) is 4.14. The summed E-state index contributed by atoms with van der Waals surface area (Å²) in [6.45, 7) is 4.66. The van der Waals surface area contributed by atoms with Gasteiger partial charge in [-0.15, -0.1) is 11.3 Å². The van der Waals surface area contributed by atoms with Crippen LogP contribution >= 0.6 is 11.3 Å². The lowest BCUT2D eigenvalue weighted by Crippen LogP contribution is -2.36. The number of nitrogens with one attached hydrogen (secondary N) is 1. The first-order valence-corrected chi connectivity index (χ1v) is 13.7. The number of anilines is 2. The first-order valence-electron chi connectivity index (χ1n) is 12.9. The molecule has 0 saturated heterocycles. The Labute approximate surface area is 219 Å². The second-order valence-electron chi connectivity index (χ2n) is 10.3. The summed E-state index contributed by atoms with van der Waals surface area (Å²) in [5, 5.41) is 4.96.